The molecule has 1 aliphatic rings. The van der Waals surface area contributed by atoms with Gasteiger partial charge in [0.05, 0.1) is 0 Å². The molecule has 2 aromatic carbocycles. The second-order valence-electron chi connectivity index (χ2n) is 3.56. The van der Waals surface area contributed by atoms with E-state index >= 15 is 0 Å². The number of rotatable bonds is 0. The SMILES string of the molecule is Brc1ccc2c(c1)Cc1c[c]ccc1-2. The maximum Gasteiger partial charge on any atom is 0.0178 e. The highest BCUT2D eigenvalue weighted by Gasteiger charge is 2.17. The Hall–Kier alpha value is -1.08. The lowest BCUT2D eigenvalue weighted by atomic mass is 10.1. The van der Waals surface area contributed by atoms with Crippen LogP contribution in [0.25, 0.3) is 11.1 Å². The predicted octanol–water partition coefficient (Wildman–Crippen LogP) is 3.82. The molecule has 0 saturated carbocycles. The molecular weight excluding hydrogens is 236 g/mol. The molecule has 0 atom stereocenters. The first-order valence-electron chi connectivity index (χ1n) is 4.62. The zero-order valence-electron chi connectivity index (χ0n) is 7.55. The molecule has 67 valence electrons. The van der Waals surface area contributed by atoms with Gasteiger partial charge in [-0.05, 0) is 46.9 Å². The molecule has 0 aliphatic heterocycles. The average Bonchev–Trinajstić information content (AvgIpc) is 2.54. The van der Waals surface area contributed by atoms with Crippen molar-refractivity contribution in [2.24, 2.45) is 0 Å². The molecule has 0 N–H and O–H groups in total. The molecule has 2 aromatic rings. The van der Waals surface area contributed by atoms with E-state index in [9.17, 15) is 0 Å². The number of halogens is 1. The van der Waals surface area contributed by atoms with Crippen LogP contribution in [0.4, 0.5) is 0 Å². The fraction of sp³-hybridized carbons (Fsp3) is 0.0769. The third-order valence-electron chi connectivity index (χ3n) is 2.69. The van der Waals surface area contributed by atoms with E-state index in [4.69, 9.17) is 0 Å². The molecule has 0 nitrogen and oxygen atoms in total. The Balaban J connectivity index is 2.27. The van der Waals surface area contributed by atoms with Crippen LogP contribution in [0.5, 0.6) is 0 Å². The lowest BCUT2D eigenvalue weighted by molar-refractivity contribution is 1.26. The van der Waals surface area contributed by atoms with E-state index in [1.165, 1.54) is 22.3 Å². The van der Waals surface area contributed by atoms with Crippen LogP contribution in [0.2, 0.25) is 0 Å². The van der Waals surface area contributed by atoms with Crippen molar-refractivity contribution in [2.45, 2.75) is 6.42 Å². The van der Waals surface area contributed by atoms with Gasteiger partial charge in [0.15, 0.2) is 0 Å². The molecule has 0 amide bonds. The summed E-state index contributed by atoms with van der Waals surface area (Å²) in [5, 5.41) is 0. The molecular formula is C13H8Br. The fourth-order valence-corrected chi connectivity index (χ4v) is 2.46. The Kier molecular flexibility index (Phi) is 1.74. The molecule has 0 heterocycles. The van der Waals surface area contributed by atoms with Crippen LogP contribution in [-0.4, -0.2) is 0 Å². The summed E-state index contributed by atoms with van der Waals surface area (Å²) in [7, 11) is 0. The Morgan fingerprint density at radius 2 is 1.93 bits per heavy atom. The first-order valence-corrected chi connectivity index (χ1v) is 5.42. The molecule has 0 spiro atoms. The van der Waals surface area contributed by atoms with E-state index in [2.05, 4.69) is 52.3 Å². The summed E-state index contributed by atoms with van der Waals surface area (Å²) >= 11 is 3.50. The summed E-state index contributed by atoms with van der Waals surface area (Å²) in [6, 6.07) is 15.8. The number of hydrogen-bond acceptors (Lipinski definition) is 0. The normalized spacial score (nSPS) is 12.4. The third-order valence-corrected chi connectivity index (χ3v) is 3.18. The highest BCUT2D eigenvalue weighted by molar-refractivity contribution is 9.10. The van der Waals surface area contributed by atoms with E-state index < -0.39 is 0 Å². The minimum absolute atomic E-state index is 1.04. The van der Waals surface area contributed by atoms with Crippen molar-refractivity contribution in [1.29, 1.82) is 0 Å². The van der Waals surface area contributed by atoms with Crippen LogP contribution in [0.1, 0.15) is 11.1 Å². The standard InChI is InChI=1S/C13H8Br/c14-11-5-6-13-10(8-11)7-9-3-1-2-4-12(9)13/h2-6,8H,7H2. The van der Waals surface area contributed by atoms with Gasteiger partial charge < -0.3 is 0 Å². The molecule has 1 aliphatic carbocycles. The zero-order chi connectivity index (χ0) is 9.54. The average molecular weight is 244 g/mol. The molecule has 0 fully saturated rings. The summed E-state index contributed by atoms with van der Waals surface area (Å²) in [6.07, 6.45) is 1.04. The van der Waals surface area contributed by atoms with Crippen LogP contribution in [-0.2, 0) is 6.42 Å². The van der Waals surface area contributed by atoms with Crippen LogP contribution in [0, 0.1) is 6.07 Å². The topological polar surface area (TPSA) is 0 Å². The molecule has 0 aromatic heterocycles. The number of fused-ring (bicyclic) bond motifs is 3. The van der Waals surface area contributed by atoms with Gasteiger partial charge in [0.25, 0.3) is 0 Å². The van der Waals surface area contributed by atoms with Crippen molar-refractivity contribution in [3.8, 4) is 11.1 Å². The second kappa shape index (κ2) is 2.96. The van der Waals surface area contributed by atoms with Gasteiger partial charge in [0.1, 0.15) is 0 Å². The van der Waals surface area contributed by atoms with Crippen LogP contribution >= 0.6 is 15.9 Å². The number of hydrogen-bond donors (Lipinski definition) is 0. The lowest BCUT2D eigenvalue weighted by Gasteiger charge is -1.99. The molecule has 0 bridgehead atoms. The van der Waals surface area contributed by atoms with Gasteiger partial charge in [-0.3, -0.25) is 0 Å². The van der Waals surface area contributed by atoms with E-state index in [0.29, 0.717) is 0 Å². The summed E-state index contributed by atoms with van der Waals surface area (Å²) < 4.78 is 1.16. The Morgan fingerprint density at radius 1 is 1.07 bits per heavy atom. The van der Waals surface area contributed by atoms with Crippen molar-refractivity contribution in [3.63, 3.8) is 0 Å². The van der Waals surface area contributed by atoms with E-state index in [0.717, 1.165) is 10.9 Å². The molecule has 1 radical (unpaired) electrons. The Morgan fingerprint density at radius 3 is 2.86 bits per heavy atom. The van der Waals surface area contributed by atoms with Gasteiger partial charge in [-0.15, -0.1) is 0 Å². The number of benzene rings is 2. The van der Waals surface area contributed by atoms with Gasteiger partial charge in [-0.25, -0.2) is 0 Å². The highest BCUT2D eigenvalue weighted by atomic mass is 79.9. The van der Waals surface area contributed by atoms with Crippen molar-refractivity contribution < 1.29 is 0 Å². The Labute approximate surface area is 91.7 Å². The van der Waals surface area contributed by atoms with Crippen molar-refractivity contribution in [2.75, 3.05) is 0 Å². The van der Waals surface area contributed by atoms with Crippen molar-refractivity contribution in [3.05, 3.63) is 58.1 Å². The van der Waals surface area contributed by atoms with Gasteiger partial charge in [-0.1, -0.05) is 40.2 Å². The monoisotopic (exact) mass is 243 g/mol. The third kappa shape index (κ3) is 1.12. The first kappa shape index (κ1) is 8.25. The quantitative estimate of drug-likeness (QED) is 0.564. The minimum Gasteiger partial charge on any atom is -0.0537 e. The van der Waals surface area contributed by atoms with Gasteiger partial charge >= 0.3 is 0 Å². The molecule has 1 heteroatoms. The maximum absolute atomic E-state index is 3.50. The van der Waals surface area contributed by atoms with E-state index in [1.807, 2.05) is 6.07 Å². The maximum atomic E-state index is 3.50. The summed E-state index contributed by atoms with van der Waals surface area (Å²) in [5.41, 5.74) is 5.54. The zero-order valence-corrected chi connectivity index (χ0v) is 9.14. The molecule has 0 unspecified atom stereocenters. The van der Waals surface area contributed by atoms with Crippen molar-refractivity contribution in [1.82, 2.24) is 0 Å². The molecule has 0 saturated heterocycles. The van der Waals surface area contributed by atoms with E-state index in [-0.39, 0.29) is 0 Å². The van der Waals surface area contributed by atoms with E-state index in [1.54, 1.807) is 0 Å². The Bertz CT molecular complexity index is 500. The molecule has 3 rings (SSSR count). The van der Waals surface area contributed by atoms with Gasteiger partial charge in [0.2, 0.25) is 0 Å². The van der Waals surface area contributed by atoms with Crippen LogP contribution in [0.15, 0.2) is 40.9 Å². The van der Waals surface area contributed by atoms with Crippen LogP contribution in [0.3, 0.4) is 0 Å². The van der Waals surface area contributed by atoms with Crippen LogP contribution < -0.4 is 0 Å². The predicted molar refractivity (Wildman–Crippen MR) is 61.2 cm³/mol. The van der Waals surface area contributed by atoms with Gasteiger partial charge in [-0.2, -0.15) is 0 Å². The van der Waals surface area contributed by atoms with Crippen molar-refractivity contribution >= 4 is 15.9 Å². The molecule has 14 heavy (non-hydrogen) atoms. The first-order chi connectivity index (χ1) is 6.84. The summed E-state index contributed by atoms with van der Waals surface area (Å²) in [5.74, 6) is 0. The fourth-order valence-electron chi connectivity index (χ4n) is 2.05. The summed E-state index contributed by atoms with van der Waals surface area (Å²) in [6.45, 7) is 0. The largest absolute Gasteiger partial charge is 0.0537 e. The lowest BCUT2D eigenvalue weighted by Crippen LogP contribution is -1.78. The summed E-state index contributed by atoms with van der Waals surface area (Å²) in [4.78, 5) is 0. The highest BCUT2D eigenvalue weighted by Crippen LogP contribution is 2.37. The minimum atomic E-state index is 1.04. The smallest absolute Gasteiger partial charge is 0.0178 e. The van der Waals surface area contributed by atoms with Gasteiger partial charge in [0, 0.05) is 4.47 Å². The second-order valence-corrected chi connectivity index (χ2v) is 4.48.